The Morgan fingerprint density at radius 2 is 2.06 bits per heavy atom. The molecule has 3 heteroatoms. The third-order valence-electron chi connectivity index (χ3n) is 4.67. The Morgan fingerprint density at radius 3 is 2.65 bits per heavy atom. The molecule has 0 radical (unpaired) electrons. The molecule has 0 aromatic carbocycles. The number of aliphatic carboxylic acids is 1. The van der Waals surface area contributed by atoms with E-state index in [0.29, 0.717) is 6.42 Å². The van der Waals surface area contributed by atoms with E-state index in [4.69, 9.17) is 5.11 Å². The van der Waals surface area contributed by atoms with Crippen LogP contribution in [-0.4, -0.2) is 16.9 Å². The van der Waals surface area contributed by atoms with Crippen molar-refractivity contribution in [3.8, 4) is 0 Å². The molecule has 0 saturated heterocycles. The Labute approximate surface area is 103 Å². The minimum atomic E-state index is -0.753. The molecular formula is C14H22O3. The summed E-state index contributed by atoms with van der Waals surface area (Å²) >= 11 is 0. The molecule has 96 valence electrons. The highest BCUT2D eigenvalue weighted by Crippen LogP contribution is 2.68. The molecule has 2 saturated carbocycles. The van der Waals surface area contributed by atoms with Crippen molar-refractivity contribution in [3.63, 3.8) is 0 Å². The number of hydrogen-bond donors (Lipinski definition) is 1. The number of hydrogen-bond acceptors (Lipinski definition) is 2. The van der Waals surface area contributed by atoms with Crippen molar-refractivity contribution < 1.29 is 14.7 Å². The van der Waals surface area contributed by atoms with Gasteiger partial charge in [-0.05, 0) is 18.8 Å². The van der Waals surface area contributed by atoms with E-state index >= 15 is 0 Å². The third-order valence-corrected chi connectivity index (χ3v) is 4.67. The van der Waals surface area contributed by atoms with Crippen LogP contribution in [0.4, 0.5) is 0 Å². The maximum atomic E-state index is 11.9. The molecule has 0 amide bonds. The highest BCUT2D eigenvalue weighted by Gasteiger charge is 2.73. The van der Waals surface area contributed by atoms with Crippen LogP contribution in [0, 0.1) is 17.3 Å². The highest BCUT2D eigenvalue weighted by molar-refractivity contribution is 5.98. The number of unbranched alkanes of at least 4 members (excludes halogenated alkanes) is 4. The predicted molar refractivity (Wildman–Crippen MR) is 64.7 cm³/mol. The molecule has 3 atom stereocenters. The van der Waals surface area contributed by atoms with Crippen molar-refractivity contribution in [1.82, 2.24) is 0 Å². The normalized spacial score (nSPS) is 34.8. The fourth-order valence-electron chi connectivity index (χ4n) is 3.74. The topological polar surface area (TPSA) is 54.4 Å². The summed E-state index contributed by atoms with van der Waals surface area (Å²) in [5.74, 6) is -0.712. The predicted octanol–water partition coefficient (Wildman–Crippen LogP) is 3.03. The molecule has 17 heavy (non-hydrogen) atoms. The summed E-state index contributed by atoms with van der Waals surface area (Å²) in [6.07, 6.45) is 8.07. The van der Waals surface area contributed by atoms with Crippen molar-refractivity contribution in [2.45, 2.75) is 58.3 Å². The molecular weight excluding hydrogens is 216 g/mol. The first kappa shape index (κ1) is 12.6. The number of carbonyl (C=O) groups excluding carboxylic acids is 1. The quantitative estimate of drug-likeness (QED) is 0.694. The van der Waals surface area contributed by atoms with E-state index in [1.165, 1.54) is 19.3 Å². The summed E-state index contributed by atoms with van der Waals surface area (Å²) in [7, 11) is 0. The Hall–Kier alpha value is -0.860. The average Bonchev–Trinajstić information content (AvgIpc) is 2.85. The first-order valence-electron chi connectivity index (χ1n) is 6.90. The Bertz CT molecular complexity index is 323. The van der Waals surface area contributed by atoms with Crippen molar-refractivity contribution in [1.29, 1.82) is 0 Å². The lowest BCUT2D eigenvalue weighted by atomic mass is 9.91. The maximum Gasteiger partial charge on any atom is 0.307 e. The van der Waals surface area contributed by atoms with Crippen LogP contribution in [0.5, 0.6) is 0 Å². The summed E-state index contributed by atoms with van der Waals surface area (Å²) in [4.78, 5) is 23.0. The smallest absolute Gasteiger partial charge is 0.307 e. The zero-order chi connectivity index (χ0) is 12.5. The van der Waals surface area contributed by atoms with Gasteiger partial charge < -0.3 is 5.11 Å². The van der Waals surface area contributed by atoms with Crippen LogP contribution >= 0.6 is 0 Å². The van der Waals surface area contributed by atoms with Crippen LogP contribution in [0.3, 0.4) is 0 Å². The number of ketones is 1. The Morgan fingerprint density at radius 1 is 1.35 bits per heavy atom. The largest absolute Gasteiger partial charge is 0.481 e. The second-order valence-corrected chi connectivity index (χ2v) is 5.59. The molecule has 1 N–H and O–H groups in total. The van der Waals surface area contributed by atoms with Crippen LogP contribution in [0.25, 0.3) is 0 Å². The molecule has 3 nitrogen and oxygen atoms in total. The minimum absolute atomic E-state index is 0.165. The van der Waals surface area contributed by atoms with Crippen LogP contribution in [0.15, 0.2) is 0 Å². The van der Waals surface area contributed by atoms with Gasteiger partial charge in [-0.1, -0.05) is 39.0 Å². The summed E-state index contributed by atoms with van der Waals surface area (Å²) in [5, 5.41) is 9.13. The zero-order valence-electron chi connectivity index (χ0n) is 10.6. The van der Waals surface area contributed by atoms with Crippen LogP contribution < -0.4 is 0 Å². The minimum Gasteiger partial charge on any atom is -0.481 e. The van der Waals surface area contributed by atoms with Crippen molar-refractivity contribution in [3.05, 3.63) is 0 Å². The first-order chi connectivity index (χ1) is 8.14. The number of carboxylic acid groups (broad SMARTS) is 1. The van der Waals surface area contributed by atoms with Gasteiger partial charge >= 0.3 is 5.97 Å². The third kappa shape index (κ3) is 2.00. The summed E-state index contributed by atoms with van der Waals surface area (Å²) < 4.78 is 0. The standard InChI is InChI=1S/C14H22O3/c1-2-3-4-5-6-9-14-10(7-8-11(14)15)12(14)13(16)17/h10,12H,2-9H2,1H3,(H,16,17)/t10-,12-,14-/m1/s1. The lowest BCUT2D eigenvalue weighted by Crippen LogP contribution is -2.19. The summed E-state index contributed by atoms with van der Waals surface area (Å²) in [5.41, 5.74) is -0.432. The van der Waals surface area contributed by atoms with Gasteiger partial charge in [-0.25, -0.2) is 0 Å². The molecule has 0 aromatic rings. The molecule has 0 spiro atoms. The first-order valence-corrected chi connectivity index (χ1v) is 6.90. The van der Waals surface area contributed by atoms with Crippen molar-refractivity contribution >= 4 is 11.8 Å². The van der Waals surface area contributed by atoms with Crippen LogP contribution in [-0.2, 0) is 9.59 Å². The van der Waals surface area contributed by atoms with Crippen molar-refractivity contribution in [2.24, 2.45) is 17.3 Å². The van der Waals surface area contributed by atoms with Gasteiger partial charge in [0.2, 0.25) is 0 Å². The van der Waals surface area contributed by atoms with Gasteiger partial charge in [-0.2, -0.15) is 0 Å². The van der Waals surface area contributed by atoms with E-state index in [-0.39, 0.29) is 17.6 Å². The number of Topliss-reactive ketones (excluding diaryl/α,β-unsaturated/α-hetero) is 1. The Kier molecular flexibility index (Phi) is 3.55. The average molecular weight is 238 g/mol. The lowest BCUT2D eigenvalue weighted by molar-refractivity contribution is -0.142. The molecule has 0 heterocycles. The maximum absolute atomic E-state index is 11.9. The zero-order valence-corrected chi connectivity index (χ0v) is 10.6. The number of rotatable bonds is 7. The van der Waals surface area contributed by atoms with E-state index < -0.39 is 11.4 Å². The van der Waals surface area contributed by atoms with Gasteiger partial charge in [0.15, 0.2) is 0 Å². The molecule has 0 unspecified atom stereocenters. The van der Waals surface area contributed by atoms with E-state index in [2.05, 4.69) is 6.92 Å². The fourth-order valence-corrected chi connectivity index (χ4v) is 3.74. The van der Waals surface area contributed by atoms with E-state index in [1.54, 1.807) is 0 Å². The molecule has 0 aromatic heterocycles. The summed E-state index contributed by atoms with van der Waals surface area (Å²) in [6, 6.07) is 0. The van der Waals surface area contributed by atoms with Crippen molar-refractivity contribution in [2.75, 3.05) is 0 Å². The SMILES string of the molecule is CCCCCCC[C@]12C(=O)CC[C@@H]1[C@@H]2C(=O)O. The van der Waals surface area contributed by atoms with Gasteiger partial charge in [-0.3, -0.25) is 9.59 Å². The second kappa shape index (κ2) is 4.79. The number of fused-ring (bicyclic) bond motifs is 1. The van der Waals surface area contributed by atoms with E-state index in [1.807, 2.05) is 0 Å². The molecule has 2 aliphatic carbocycles. The molecule has 0 aliphatic heterocycles. The monoisotopic (exact) mass is 238 g/mol. The van der Waals surface area contributed by atoms with Gasteiger partial charge in [0.25, 0.3) is 0 Å². The molecule has 0 bridgehead atoms. The van der Waals surface area contributed by atoms with Gasteiger partial charge in [0.1, 0.15) is 5.78 Å². The number of carboxylic acids is 1. The second-order valence-electron chi connectivity index (χ2n) is 5.59. The highest BCUT2D eigenvalue weighted by atomic mass is 16.4. The molecule has 2 fully saturated rings. The Balaban J connectivity index is 1.85. The number of carbonyl (C=O) groups is 2. The lowest BCUT2D eigenvalue weighted by Gasteiger charge is -2.12. The van der Waals surface area contributed by atoms with E-state index in [0.717, 1.165) is 25.7 Å². The van der Waals surface area contributed by atoms with Gasteiger partial charge in [-0.15, -0.1) is 0 Å². The van der Waals surface area contributed by atoms with Crippen LogP contribution in [0.1, 0.15) is 58.3 Å². The fraction of sp³-hybridized carbons (Fsp3) is 0.857. The van der Waals surface area contributed by atoms with Gasteiger partial charge in [0, 0.05) is 11.8 Å². The van der Waals surface area contributed by atoms with Gasteiger partial charge in [0.05, 0.1) is 5.92 Å². The van der Waals surface area contributed by atoms with Crippen LogP contribution in [0.2, 0.25) is 0 Å². The molecule has 2 aliphatic rings. The summed E-state index contributed by atoms with van der Waals surface area (Å²) in [6.45, 7) is 2.18. The van der Waals surface area contributed by atoms with E-state index in [9.17, 15) is 9.59 Å². The molecule has 2 rings (SSSR count).